The van der Waals surface area contributed by atoms with E-state index in [1.54, 1.807) is 7.11 Å². The van der Waals surface area contributed by atoms with Crippen molar-refractivity contribution in [2.45, 2.75) is 6.92 Å². The first-order valence-corrected chi connectivity index (χ1v) is 6.94. The summed E-state index contributed by atoms with van der Waals surface area (Å²) < 4.78 is 7.91. The summed E-state index contributed by atoms with van der Waals surface area (Å²) in [4.78, 5) is 3.19. The summed E-state index contributed by atoms with van der Waals surface area (Å²) >= 11 is 11.5. The second-order valence-corrected chi connectivity index (χ2v) is 5.40. The number of nitrogens with zero attached hydrogens (tertiary/aromatic N) is 1. The molecular formula is C15H13ClN2OS. The summed E-state index contributed by atoms with van der Waals surface area (Å²) in [5, 5.41) is 0.686. The van der Waals surface area contributed by atoms with Crippen LogP contribution in [0.15, 0.2) is 36.4 Å². The molecule has 3 aromatic rings. The fourth-order valence-electron chi connectivity index (χ4n) is 2.33. The number of aromatic amines is 1. The first-order chi connectivity index (χ1) is 9.60. The Hall–Kier alpha value is -1.78. The van der Waals surface area contributed by atoms with Crippen molar-refractivity contribution in [2.75, 3.05) is 7.11 Å². The Morgan fingerprint density at radius 1 is 1.20 bits per heavy atom. The van der Waals surface area contributed by atoms with Crippen LogP contribution in [0.5, 0.6) is 5.75 Å². The number of nitrogens with one attached hydrogen (secondary N) is 1. The normalized spacial score (nSPS) is 10.9. The topological polar surface area (TPSA) is 29.9 Å². The molecule has 5 heteroatoms. The number of aromatic nitrogens is 2. The second kappa shape index (κ2) is 4.96. The quantitative estimate of drug-likeness (QED) is 0.698. The van der Waals surface area contributed by atoms with Gasteiger partial charge in [-0.3, -0.25) is 4.57 Å². The van der Waals surface area contributed by atoms with Crippen molar-refractivity contribution in [3.63, 3.8) is 0 Å². The maximum absolute atomic E-state index is 6.09. The third-order valence-corrected chi connectivity index (χ3v) is 3.80. The van der Waals surface area contributed by atoms with Gasteiger partial charge in [-0.05, 0) is 61.1 Å². The van der Waals surface area contributed by atoms with Gasteiger partial charge in [-0.1, -0.05) is 11.6 Å². The van der Waals surface area contributed by atoms with Crippen LogP contribution in [0.1, 0.15) is 5.56 Å². The molecule has 1 aromatic heterocycles. The molecule has 0 aliphatic rings. The van der Waals surface area contributed by atoms with E-state index >= 15 is 0 Å². The number of ether oxygens (including phenoxy) is 1. The second-order valence-electron chi connectivity index (χ2n) is 4.58. The Bertz CT molecular complexity index is 851. The van der Waals surface area contributed by atoms with Crippen LogP contribution >= 0.6 is 23.8 Å². The van der Waals surface area contributed by atoms with Crippen LogP contribution in [0, 0.1) is 11.7 Å². The Morgan fingerprint density at radius 3 is 2.70 bits per heavy atom. The van der Waals surface area contributed by atoms with Gasteiger partial charge in [0.15, 0.2) is 4.77 Å². The molecule has 3 rings (SSSR count). The van der Waals surface area contributed by atoms with Crippen LogP contribution in [0.25, 0.3) is 16.7 Å². The van der Waals surface area contributed by atoms with Crippen molar-refractivity contribution < 1.29 is 4.74 Å². The number of hydrogen-bond acceptors (Lipinski definition) is 2. The lowest BCUT2D eigenvalue weighted by molar-refractivity contribution is 0.411. The highest BCUT2D eigenvalue weighted by Crippen LogP contribution is 2.26. The molecule has 0 fully saturated rings. The lowest BCUT2D eigenvalue weighted by Gasteiger charge is -2.09. The highest BCUT2D eigenvalue weighted by molar-refractivity contribution is 7.71. The number of H-pyrrole nitrogens is 1. The molecule has 0 atom stereocenters. The maximum Gasteiger partial charge on any atom is 0.182 e. The third-order valence-electron chi connectivity index (χ3n) is 3.28. The molecule has 20 heavy (non-hydrogen) atoms. The van der Waals surface area contributed by atoms with Crippen LogP contribution < -0.4 is 4.74 Å². The van der Waals surface area contributed by atoms with Gasteiger partial charge in [-0.2, -0.15) is 0 Å². The number of halogens is 1. The minimum atomic E-state index is 0.645. The zero-order valence-corrected chi connectivity index (χ0v) is 12.7. The largest absolute Gasteiger partial charge is 0.496 e. The van der Waals surface area contributed by atoms with Gasteiger partial charge in [0.05, 0.1) is 18.1 Å². The minimum absolute atomic E-state index is 0.645. The predicted molar refractivity (Wildman–Crippen MR) is 84.8 cm³/mol. The van der Waals surface area contributed by atoms with Crippen molar-refractivity contribution in [2.24, 2.45) is 0 Å². The smallest absolute Gasteiger partial charge is 0.182 e. The minimum Gasteiger partial charge on any atom is -0.496 e. The molecule has 0 saturated heterocycles. The number of hydrogen-bond donors (Lipinski definition) is 1. The predicted octanol–water partition coefficient (Wildman–Crippen LogP) is 4.66. The molecule has 1 heterocycles. The monoisotopic (exact) mass is 304 g/mol. The number of rotatable bonds is 2. The van der Waals surface area contributed by atoms with Crippen molar-refractivity contribution in [3.8, 4) is 11.4 Å². The molecule has 0 spiro atoms. The molecule has 0 unspecified atom stereocenters. The Labute approximate surface area is 126 Å². The first kappa shape index (κ1) is 13.2. The van der Waals surface area contributed by atoms with Gasteiger partial charge in [0.2, 0.25) is 0 Å². The van der Waals surface area contributed by atoms with E-state index in [0.717, 1.165) is 28.0 Å². The van der Waals surface area contributed by atoms with Gasteiger partial charge in [0.25, 0.3) is 0 Å². The van der Waals surface area contributed by atoms with Gasteiger partial charge in [-0.25, -0.2) is 0 Å². The Balaban J connectivity index is 2.28. The molecule has 2 aromatic carbocycles. The summed E-state index contributed by atoms with van der Waals surface area (Å²) in [6, 6.07) is 11.6. The van der Waals surface area contributed by atoms with Gasteiger partial charge in [0.1, 0.15) is 5.75 Å². The zero-order chi connectivity index (χ0) is 14.3. The molecule has 0 radical (unpaired) electrons. The van der Waals surface area contributed by atoms with Crippen LogP contribution in [0.4, 0.5) is 0 Å². The van der Waals surface area contributed by atoms with Crippen molar-refractivity contribution in [1.29, 1.82) is 0 Å². The average Bonchev–Trinajstić information content (AvgIpc) is 2.74. The SMILES string of the molecule is COc1ccc(-n2c(=S)[nH]c3ccc(Cl)cc32)cc1C. The summed E-state index contributed by atoms with van der Waals surface area (Å²) in [5.74, 6) is 0.859. The Kier molecular flexibility index (Phi) is 3.28. The van der Waals surface area contributed by atoms with Crippen molar-refractivity contribution in [1.82, 2.24) is 9.55 Å². The number of aryl methyl sites for hydroxylation is 1. The van der Waals surface area contributed by atoms with E-state index in [1.165, 1.54) is 0 Å². The summed E-state index contributed by atoms with van der Waals surface area (Å²) in [6.07, 6.45) is 0. The molecule has 0 aliphatic carbocycles. The zero-order valence-electron chi connectivity index (χ0n) is 11.1. The van der Waals surface area contributed by atoms with E-state index in [-0.39, 0.29) is 0 Å². The van der Waals surface area contributed by atoms with Gasteiger partial charge in [-0.15, -0.1) is 0 Å². The lowest BCUT2D eigenvalue weighted by Crippen LogP contribution is -1.96. The van der Waals surface area contributed by atoms with E-state index in [0.29, 0.717) is 9.79 Å². The van der Waals surface area contributed by atoms with Gasteiger partial charge >= 0.3 is 0 Å². The number of benzene rings is 2. The van der Waals surface area contributed by atoms with E-state index in [2.05, 4.69) is 4.98 Å². The molecule has 1 N–H and O–H groups in total. The molecule has 0 aliphatic heterocycles. The molecule has 0 saturated carbocycles. The highest BCUT2D eigenvalue weighted by atomic mass is 35.5. The van der Waals surface area contributed by atoms with Crippen molar-refractivity contribution >= 4 is 34.9 Å². The maximum atomic E-state index is 6.09. The summed E-state index contributed by atoms with van der Waals surface area (Å²) in [7, 11) is 1.67. The lowest BCUT2D eigenvalue weighted by atomic mass is 10.2. The van der Waals surface area contributed by atoms with E-state index in [4.69, 9.17) is 28.6 Å². The molecule has 102 valence electrons. The van der Waals surface area contributed by atoms with Gasteiger partial charge < -0.3 is 9.72 Å². The average molecular weight is 305 g/mol. The molecular weight excluding hydrogens is 292 g/mol. The fraction of sp³-hybridized carbons (Fsp3) is 0.133. The van der Waals surface area contributed by atoms with E-state index in [1.807, 2.05) is 47.9 Å². The van der Waals surface area contributed by atoms with Crippen LogP contribution in [0.3, 0.4) is 0 Å². The molecule has 0 amide bonds. The van der Waals surface area contributed by atoms with Crippen LogP contribution in [-0.2, 0) is 0 Å². The fourth-order valence-corrected chi connectivity index (χ4v) is 2.81. The third kappa shape index (κ3) is 2.11. The number of fused-ring (bicyclic) bond motifs is 1. The first-order valence-electron chi connectivity index (χ1n) is 6.15. The van der Waals surface area contributed by atoms with E-state index < -0.39 is 0 Å². The van der Waals surface area contributed by atoms with Crippen LogP contribution in [-0.4, -0.2) is 16.7 Å². The molecule has 0 bridgehead atoms. The van der Waals surface area contributed by atoms with Crippen molar-refractivity contribution in [3.05, 3.63) is 51.8 Å². The van der Waals surface area contributed by atoms with Crippen LogP contribution in [0.2, 0.25) is 5.02 Å². The standard InChI is InChI=1S/C15H13ClN2OS/c1-9-7-11(4-6-14(9)19-2)18-13-8-10(16)3-5-12(13)17-15(18)20/h3-8H,1-2H3,(H,17,20). The Morgan fingerprint density at radius 2 is 2.00 bits per heavy atom. The molecule has 3 nitrogen and oxygen atoms in total. The highest BCUT2D eigenvalue weighted by Gasteiger charge is 2.08. The summed E-state index contributed by atoms with van der Waals surface area (Å²) in [5.41, 5.74) is 3.98. The number of imidazole rings is 1. The summed E-state index contributed by atoms with van der Waals surface area (Å²) in [6.45, 7) is 2.01. The van der Waals surface area contributed by atoms with Gasteiger partial charge in [0, 0.05) is 10.7 Å². The number of methoxy groups -OCH3 is 1. The van der Waals surface area contributed by atoms with E-state index in [9.17, 15) is 0 Å².